The molecule has 3 atom stereocenters. The third-order valence-electron chi connectivity index (χ3n) is 5.70. The number of nitrogens with one attached hydrogen (secondary N) is 1. The SMILES string of the molecule is CC(=N[C@H]1CCCC[C@@H]1N)C1C(=O)NC(=O)N(C2CCCCC2)C1=O. The van der Waals surface area contributed by atoms with E-state index in [1.54, 1.807) is 6.92 Å². The van der Waals surface area contributed by atoms with Crippen LogP contribution in [0.15, 0.2) is 4.99 Å². The van der Waals surface area contributed by atoms with Crippen LogP contribution in [0.3, 0.4) is 0 Å². The molecule has 0 aromatic carbocycles. The van der Waals surface area contributed by atoms with Gasteiger partial charge in [0.15, 0.2) is 5.92 Å². The summed E-state index contributed by atoms with van der Waals surface area (Å²) in [5, 5.41) is 2.35. The van der Waals surface area contributed by atoms with Gasteiger partial charge >= 0.3 is 6.03 Å². The van der Waals surface area contributed by atoms with Crippen LogP contribution >= 0.6 is 0 Å². The molecule has 3 fully saturated rings. The van der Waals surface area contributed by atoms with Gasteiger partial charge in [-0.2, -0.15) is 0 Å². The highest BCUT2D eigenvalue weighted by Crippen LogP contribution is 2.27. The summed E-state index contributed by atoms with van der Waals surface area (Å²) in [6.45, 7) is 1.71. The van der Waals surface area contributed by atoms with Gasteiger partial charge in [0.25, 0.3) is 0 Å². The van der Waals surface area contributed by atoms with E-state index in [1.807, 2.05) is 0 Å². The van der Waals surface area contributed by atoms with Gasteiger partial charge in [-0.1, -0.05) is 32.1 Å². The molecule has 7 nitrogen and oxygen atoms in total. The minimum Gasteiger partial charge on any atom is -0.326 e. The Labute approximate surface area is 148 Å². The van der Waals surface area contributed by atoms with E-state index in [9.17, 15) is 14.4 Å². The topological polar surface area (TPSA) is 105 Å². The fourth-order valence-corrected chi connectivity index (χ4v) is 4.28. The molecular weight excluding hydrogens is 320 g/mol. The maximum Gasteiger partial charge on any atom is 0.331 e. The van der Waals surface area contributed by atoms with Crippen LogP contribution in [0.2, 0.25) is 0 Å². The van der Waals surface area contributed by atoms with E-state index in [4.69, 9.17) is 5.73 Å². The lowest BCUT2D eigenvalue weighted by Gasteiger charge is -2.37. The summed E-state index contributed by atoms with van der Waals surface area (Å²) in [5.74, 6) is -1.99. The van der Waals surface area contributed by atoms with E-state index in [2.05, 4.69) is 10.3 Å². The zero-order valence-corrected chi connectivity index (χ0v) is 14.9. The predicted molar refractivity (Wildman–Crippen MR) is 94.1 cm³/mol. The van der Waals surface area contributed by atoms with Crippen LogP contribution in [-0.2, 0) is 9.59 Å². The number of imide groups is 2. The van der Waals surface area contributed by atoms with Gasteiger partial charge in [-0.25, -0.2) is 4.79 Å². The van der Waals surface area contributed by atoms with E-state index in [0.717, 1.165) is 57.8 Å². The summed E-state index contributed by atoms with van der Waals surface area (Å²) in [4.78, 5) is 43.4. The van der Waals surface area contributed by atoms with Crippen LogP contribution in [0.25, 0.3) is 0 Å². The minimum atomic E-state index is -1.01. The second-order valence-electron chi connectivity index (χ2n) is 7.51. The van der Waals surface area contributed by atoms with Gasteiger partial charge in [-0.15, -0.1) is 0 Å². The number of urea groups is 1. The molecule has 1 aliphatic heterocycles. The number of carbonyl (C=O) groups excluding carboxylic acids is 3. The lowest BCUT2D eigenvalue weighted by molar-refractivity contribution is -0.141. The third kappa shape index (κ3) is 3.76. The zero-order valence-electron chi connectivity index (χ0n) is 14.9. The second-order valence-corrected chi connectivity index (χ2v) is 7.51. The van der Waals surface area contributed by atoms with Gasteiger partial charge in [-0.3, -0.25) is 24.8 Å². The molecule has 1 saturated heterocycles. The minimum absolute atomic E-state index is 0.0264. The van der Waals surface area contributed by atoms with Crippen molar-refractivity contribution in [2.45, 2.75) is 82.8 Å². The Bertz CT molecular complexity index is 583. The standard InChI is InChI=1S/C18H28N4O3/c1-11(20-14-10-6-5-9-13(14)19)15-16(23)21-18(25)22(17(15)24)12-7-3-2-4-8-12/h12-15H,2-10,19H2,1H3,(H,21,23,25)/t13-,14-,15?/m0/s1. The van der Waals surface area contributed by atoms with Gasteiger partial charge in [0.1, 0.15) is 0 Å². The fraction of sp³-hybridized carbons (Fsp3) is 0.778. The number of nitrogens with two attached hydrogens (primary N) is 1. The van der Waals surface area contributed by atoms with Crippen molar-refractivity contribution in [2.24, 2.45) is 16.6 Å². The molecule has 25 heavy (non-hydrogen) atoms. The summed E-state index contributed by atoms with van der Waals surface area (Å²) >= 11 is 0. The molecule has 3 rings (SSSR count). The highest BCUT2D eigenvalue weighted by Gasteiger charge is 2.45. The molecule has 1 heterocycles. The number of hydrogen-bond donors (Lipinski definition) is 2. The number of rotatable bonds is 3. The first-order chi connectivity index (χ1) is 12.0. The molecule has 0 aromatic heterocycles. The first-order valence-electron chi connectivity index (χ1n) is 9.47. The molecule has 0 radical (unpaired) electrons. The van der Waals surface area contributed by atoms with Gasteiger partial charge in [0, 0.05) is 17.8 Å². The molecule has 0 aromatic rings. The molecule has 3 N–H and O–H groups in total. The van der Waals surface area contributed by atoms with Crippen molar-refractivity contribution in [3.05, 3.63) is 0 Å². The summed E-state index contributed by atoms with van der Waals surface area (Å²) in [7, 11) is 0. The Kier molecular flexibility index (Phi) is 5.51. The van der Waals surface area contributed by atoms with E-state index in [0.29, 0.717) is 5.71 Å². The average molecular weight is 348 g/mol. The molecular formula is C18H28N4O3. The van der Waals surface area contributed by atoms with Crippen molar-refractivity contribution in [3.8, 4) is 0 Å². The Hall–Kier alpha value is -1.76. The van der Waals surface area contributed by atoms with Gasteiger partial charge in [-0.05, 0) is 32.6 Å². The lowest BCUT2D eigenvalue weighted by atomic mass is 9.89. The van der Waals surface area contributed by atoms with E-state index in [1.165, 1.54) is 4.90 Å². The van der Waals surface area contributed by atoms with Gasteiger partial charge in [0.05, 0.1) is 6.04 Å². The third-order valence-corrected chi connectivity index (χ3v) is 5.70. The summed E-state index contributed by atoms with van der Waals surface area (Å²) in [5.41, 5.74) is 6.61. The van der Waals surface area contributed by atoms with Crippen molar-refractivity contribution in [3.63, 3.8) is 0 Å². The molecule has 1 unspecified atom stereocenters. The number of nitrogens with zero attached hydrogens (tertiary/aromatic N) is 2. The monoisotopic (exact) mass is 348 g/mol. The molecule has 4 amide bonds. The quantitative estimate of drug-likeness (QED) is 0.598. The van der Waals surface area contributed by atoms with Crippen molar-refractivity contribution in [1.29, 1.82) is 0 Å². The summed E-state index contributed by atoms with van der Waals surface area (Å²) in [6, 6.07) is -0.765. The van der Waals surface area contributed by atoms with Crippen molar-refractivity contribution >= 4 is 23.6 Å². The van der Waals surface area contributed by atoms with Crippen molar-refractivity contribution in [1.82, 2.24) is 10.2 Å². The van der Waals surface area contributed by atoms with Crippen LogP contribution in [0.5, 0.6) is 0 Å². The molecule has 2 aliphatic carbocycles. The number of hydrogen-bond acceptors (Lipinski definition) is 5. The maximum atomic E-state index is 12.9. The van der Waals surface area contributed by atoms with E-state index >= 15 is 0 Å². The highest BCUT2D eigenvalue weighted by molar-refractivity contribution is 6.27. The van der Waals surface area contributed by atoms with Crippen molar-refractivity contribution < 1.29 is 14.4 Å². The van der Waals surface area contributed by atoms with Crippen molar-refractivity contribution in [2.75, 3.05) is 0 Å². The zero-order chi connectivity index (χ0) is 18.0. The first-order valence-corrected chi connectivity index (χ1v) is 9.47. The largest absolute Gasteiger partial charge is 0.331 e. The van der Waals surface area contributed by atoms with Gasteiger partial charge in [0.2, 0.25) is 11.8 Å². The number of carbonyl (C=O) groups is 3. The summed E-state index contributed by atoms with van der Waals surface area (Å²) < 4.78 is 0. The molecule has 138 valence electrons. The molecule has 2 saturated carbocycles. The Morgan fingerprint density at radius 2 is 1.68 bits per heavy atom. The number of amides is 4. The molecule has 3 aliphatic rings. The fourth-order valence-electron chi connectivity index (χ4n) is 4.28. The average Bonchev–Trinajstić information content (AvgIpc) is 2.57. The first kappa shape index (κ1) is 18.0. The molecule has 7 heteroatoms. The van der Waals surface area contributed by atoms with Crippen LogP contribution in [0.4, 0.5) is 4.79 Å². The van der Waals surface area contributed by atoms with Crippen LogP contribution < -0.4 is 11.1 Å². The van der Waals surface area contributed by atoms with E-state index in [-0.39, 0.29) is 18.1 Å². The highest BCUT2D eigenvalue weighted by atomic mass is 16.2. The Balaban J connectivity index is 1.80. The predicted octanol–water partition coefficient (Wildman–Crippen LogP) is 1.74. The number of aliphatic imine (C=N–C) groups is 1. The Morgan fingerprint density at radius 1 is 1.04 bits per heavy atom. The Morgan fingerprint density at radius 3 is 2.36 bits per heavy atom. The maximum absolute atomic E-state index is 12.9. The van der Waals surface area contributed by atoms with E-state index < -0.39 is 23.8 Å². The second kappa shape index (κ2) is 7.64. The summed E-state index contributed by atoms with van der Waals surface area (Å²) in [6.07, 6.45) is 8.71. The normalized spacial score (nSPS) is 32.7. The molecule has 0 bridgehead atoms. The number of barbiturate groups is 1. The van der Waals surface area contributed by atoms with Crippen LogP contribution in [-0.4, -0.2) is 46.6 Å². The van der Waals surface area contributed by atoms with Crippen LogP contribution in [0.1, 0.15) is 64.7 Å². The lowest BCUT2D eigenvalue weighted by Crippen LogP contribution is -2.62. The van der Waals surface area contributed by atoms with Crippen LogP contribution in [0, 0.1) is 5.92 Å². The van der Waals surface area contributed by atoms with Gasteiger partial charge < -0.3 is 5.73 Å². The molecule has 0 spiro atoms. The smallest absolute Gasteiger partial charge is 0.326 e.